The van der Waals surface area contributed by atoms with Crippen molar-refractivity contribution in [2.45, 2.75) is 0 Å². The van der Waals surface area contributed by atoms with Crippen LogP contribution in [0.2, 0.25) is 10.0 Å². The van der Waals surface area contributed by atoms with E-state index in [2.05, 4.69) is 0 Å². The molecule has 0 unspecified atom stereocenters. The third-order valence-corrected chi connectivity index (χ3v) is 5.04. The maximum atomic E-state index is 12.4. The summed E-state index contributed by atoms with van der Waals surface area (Å²) in [4.78, 5) is 26.7. The second kappa shape index (κ2) is 8.45. The Labute approximate surface area is 166 Å². The third kappa shape index (κ3) is 4.61. The van der Waals surface area contributed by atoms with Crippen molar-refractivity contribution in [3.8, 4) is 5.75 Å². The highest BCUT2D eigenvalue weighted by molar-refractivity contribution is 6.42. The Kier molecular flexibility index (Phi) is 6.03. The Hall–Kier alpha value is -2.51. The maximum absolute atomic E-state index is 12.4. The summed E-state index contributed by atoms with van der Waals surface area (Å²) in [5.74, 6) is 0.319. The summed E-state index contributed by atoms with van der Waals surface area (Å²) in [5, 5.41) is 12.0. The molecule has 3 rings (SSSR count). The quantitative estimate of drug-likeness (QED) is 0.556. The molecule has 2 aromatic rings. The van der Waals surface area contributed by atoms with E-state index in [0.29, 0.717) is 47.7 Å². The Balaban J connectivity index is 1.55. The van der Waals surface area contributed by atoms with Crippen LogP contribution in [0.4, 0.5) is 11.4 Å². The maximum Gasteiger partial charge on any atom is 0.292 e. The van der Waals surface area contributed by atoms with E-state index in [-0.39, 0.29) is 18.2 Å². The topological polar surface area (TPSA) is 75.9 Å². The number of nitro groups is 1. The van der Waals surface area contributed by atoms with Gasteiger partial charge in [-0.15, -0.1) is 0 Å². The fraction of sp³-hybridized carbons (Fsp3) is 0.278. The number of benzene rings is 2. The highest BCUT2D eigenvalue weighted by atomic mass is 35.5. The van der Waals surface area contributed by atoms with Crippen molar-refractivity contribution < 1.29 is 14.5 Å². The Morgan fingerprint density at radius 2 is 1.78 bits per heavy atom. The van der Waals surface area contributed by atoms with Crippen LogP contribution < -0.4 is 9.64 Å². The zero-order valence-corrected chi connectivity index (χ0v) is 15.8. The number of carbonyl (C=O) groups is 1. The Morgan fingerprint density at radius 3 is 2.44 bits per heavy atom. The molecule has 1 amide bonds. The number of nitro benzene ring substituents is 1. The van der Waals surface area contributed by atoms with Gasteiger partial charge in [-0.2, -0.15) is 0 Å². The molecule has 0 aromatic heterocycles. The molecule has 0 saturated carbocycles. The number of anilines is 1. The van der Waals surface area contributed by atoms with Crippen LogP contribution in [0, 0.1) is 10.1 Å². The SMILES string of the molecule is O=C(COc1ccc(Cl)c(Cl)c1)N1CCN(c2ccccc2[N+](=O)[O-])CC1. The zero-order valence-electron chi connectivity index (χ0n) is 14.3. The summed E-state index contributed by atoms with van der Waals surface area (Å²) < 4.78 is 5.48. The van der Waals surface area contributed by atoms with Crippen LogP contribution in [0.3, 0.4) is 0 Å². The average molecular weight is 410 g/mol. The van der Waals surface area contributed by atoms with Gasteiger partial charge in [0, 0.05) is 38.3 Å². The van der Waals surface area contributed by atoms with E-state index >= 15 is 0 Å². The first kappa shape index (κ1) is 19.3. The van der Waals surface area contributed by atoms with E-state index in [1.165, 1.54) is 6.07 Å². The summed E-state index contributed by atoms with van der Waals surface area (Å²) in [7, 11) is 0. The number of ether oxygens (including phenoxy) is 1. The van der Waals surface area contributed by atoms with Crippen LogP contribution in [-0.2, 0) is 4.79 Å². The number of para-hydroxylation sites is 2. The lowest BCUT2D eigenvalue weighted by molar-refractivity contribution is -0.384. The van der Waals surface area contributed by atoms with Crippen molar-refractivity contribution in [2.24, 2.45) is 0 Å². The molecule has 0 radical (unpaired) electrons. The van der Waals surface area contributed by atoms with Crippen molar-refractivity contribution in [1.82, 2.24) is 4.90 Å². The number of piperazine rings is 1. The lowest BCUT2D eigenvalue weighted by Gasteiger charge is -2.35. The van der Waals surface area contributed by atoms with E-state index in [0.717, 1.165) is 0 Å². The number of hydrogen-bond acceptors (Lipinski definition) is 5. The summed E-state index contributed by atoms with van der Waals surface area (Å²) >= 11 is 11.8. The first-order valence-corrected chi connectivity index (χ1v) is 9.05. The minimum atomic E-state index is -0.391. The molecule has 142 valence electrons. The van der Waals surface area contributed by atoms with Crippen LogP contribution in [0.1, 0.15) is 0 Å². The molecular formula is C18H17Cl2N3O4. The van der Waals surface area contributed by atoms with Crippen molar-refractivity contribution in [3.05, 3.63) is 62.6 Å². The van der Waals surface area contributed by atoms with Crippen LogP contribution in [0.5, 0.6) is 5.75 Å². The van der Waals surface area contributed by atoms with Gasteiger partial charge >= 0.3 is 0 Å². The Bertz CT molecular complexity index is 854. The molecule has 1 aliphatic heterocycles. The van der Waals surface area contributed by atoms with Crippen molar-refractivity contribution in [1.29, 1.82) is 0 Å². The van der Waals surface area contributed by atoms with Gasteiger partial charge in [-0.1, -0.05) is 35.3 Å². The molecule has 1 aliphatic rings. The van der Waals surface area contributed by atoms with Gasteiger partial charge in [-0.25, -0.2) is 0 Å². The number of rotatable bonds is 5. The summed E-state index contributed by atoms with van der Waals surface area (Å²) in [6.45, 7) is 1.86. The van der Waals surface area contributed by atoms with Gasteiger partial charge in [0.2, 0.25) is 0 Å². The third-order valence-electron chi connectivity index (χ3n) is 4.30. The predicted octanol–water partition coefficient (Wildman–Crippen LogP) is 3.63. The molecule has 27 heavy (non-hydrogen) atoms. The normalized spacial score (nSPS) is 14.1. The highest BCUT2D eigenvalue weighted by Gasteiger charge is 2.25. The standard InChI is InChI=1S/C18H17Cl2N3O4/c19-14-6-5-13(11-15(14)20)27-12-18(24)22-9-7-21(8-10-22)16-3-1-2-4-17(16)23(25)26/h1-6,11H,7-10,12H2. The van der Waals surface area contributed by atoms with Crippen LogP contribution in [0.25, 0.3) is 0 Å². The Morgan fingerprint density at radius 1 is 1.07 bits per heavy atom. The summed E-state index contributed by atoms with van der Waals surface area (Å²) in [6.07, 6.45) is 0. The first-order valence-electron chi connectivity index (χ1n) is 8.29. The van der Waals surface area contributed by atoms with E-state index in [4.69, 9.17) is 27.9 Å². The summed E-state index contributed by atoms with van der Waals surface area (Å²) in [6, 6.07) is 11.4. The highest BCUT2D eigenvalue weighted by Crippen LogP contribution is 2.28. The van der Waals surface area contributed by atoms with E-state index in [1.807, 2.05) is 4.90 Å². The lowest BCUT2D eigenvalue weighted by Crippen LogP contribution is -2.50. The van der Waals surface area contributed by atoms with Crippen LogP contribution in [0.15, 0.2) is 42.5 Å². The molecule has 0 atom stereocenters. The molecule has 0 aliphatic carbocycles. The zero-order chi connectivity index (χ0) is 19.4. The monoisotopic (exact) mass is 409 g/mol. The average Bonchev–Trinajstić information content (AvgIpc) is 2.68. The molecule has 1 fully saturated rings. The van der Waals surface area contributed by atoms with Crippen LogP contribution in [-0.4, -0.2) is 48.5 Å². The van der Waals surface area contributed by atoms with Crippen molar-refractivity contribution in [3.63, 3.8) is 0 Å². The minimum absolute atomic E-state index is 0.0697. The molecule has 9 heteroatoms. The van der Waals surface area contributed by atoms with E-state index < -0.39 is 4.92 Å². The lowest BCUT2D eigenvalue weighted by atomic mass is 10.2. The summed E-state index contributed by atoms with van der Waals surface area (Å²) in [5.41, 5.74) is 0.641. The van der Waals surface area contributed by atoms with Gasteiger partial charge in [0.05, 0.1) is 15.0 Å². The number of amides is 1. The minimum Gasteiger partial charge on any atom is -0.484 e. The molecule has 0 bridgehead atoms. The molecule has 7 nitrogen and oxygen atoms in total. The number of halogens is 2. The first-order chi connectivity index (χ1) is 13.0. The smallest absolute Gasteiger partial charge is 0.292 e. The second-order valence-corrected chi connectivity index (χ2v) is 6.79. The molecule has 1 heterocycles. The van der Waals surface area contributed by atoms with Gasteiger partial charge < -0.3 is 14.5 Å². The second-order valence-electron chi connectivity index (χ2n) is 5.98. The largest absolute Gasteiger partial charge is 0.484 e. The van der Waals surface area contributed by atoms with Crippen molar-refractivity contribution >= 4 is 40.5 Å². The van der Waals surface area contributed by atoms with Crippen LogP contribution >= 0.6 is 23.2 Å². The fourth-order valence-corrected chi connectivity index (χ4v) is 3.17. The predicted molar refractivity (Wildman–Crippen MR) is 104 cm³/mol. The number of carbonyl (C=O) groups excluding carboxylic acids is 1. The van der Waals surface area contributed by atoms with Gasteiger partial charge in [0.15, 0.2) is 6.61 Å². The van der Waals surface area contributed by atoms with Gasteiger partial charge in [0.1, 0.15) is 11.4 Å². The van der Waals surface area contributed by atoms with Gasteiger partial charge in [0.25, 0.3) is 11.6 Å². The molecule has 2 aromatic carbocycles. The van der Waals surface area contributed by atoms with Gasteiger partial charge in [-0.3, -0.25) is 14.9 Å². The van der Waals surface area contributed by atoms with E-state index in [9.17, 15) is 14.9 Å². The molecule has 1 saturated heterocycles. The van der Waals surface area contributed by atoms with Gasteiger partial charge in [-0.05, 0) is 18.2 Å². The molecule has 0 N–H and O–H groups in total. The number of hydrogen-bond donors (Lipinski definition) is 0. The van der Waals surface area contributed by atoms with E-state index in [1.54, 1.807) is 41.3 Å². The number of nitrogens with zero attached hydrogens (tertiary/aromatic N) is 3. The molecular weight excluding hydrogens is 393 g/mol. The molecule has 0 spiro atoms. The van der Waals surface area contributed by atoms with Crippen molar-refractivity contribution in [2.75, 3.05) is 37.7 Å². The fourth-order valence-electron chi connectivity index (χ4n) is 2.89.